The molecule has 20 heavy (non-hydrogen) atoms. The van der Waals surface area contributed by atoms with Crippen molar-refractivity contribution in [2.45, 2.75) is 25.7 Å². The largest absolute Gasteiger partial charge is 0.396 e. The molecular weight excluding hydrogens is 256 g/mol. The second kappa shape index (κ2) is 7.05. The molecule has 2 amide bonds. The Balaban J connectivity index is 1.78. The molecule has 0 spiro atoms. The maximum Gasteiger partial charge on any atom is 0.227 e. The molecule has 0 aromatic heterocycles. The topological polar surface area (TPSA) is 78.4 Å². The second-order valence-corrected chi connectivity index (χ2v) is 5.06. The number of carbonyl (C=O) groups is 2. The van der Waals surface area contributed by atoms with E-state index in [1.165, 1.54) is 0 Å². The third-order valence-electron chi connectivity index (χ3n) is 3.19. The zero-order valence-electron chi connectivity index (χ0n) is 11.4. The number of hydrogen-bond donors (Lipinski definition) is 3. The summed E-state index contributed by atoms with van der Waals surface area (Å²) in [6, 6.07) is 7.31. The van der Waals surface area contributed by atoms with Crippen LogP contribution in [-0.2, 0) is 16.0 Å². The Morgan fingerprint density at radius 2 is 1.90 bits per heavy atom. The molecule has 0 heterocycles. The predicted molar refractivity (Wildman–Crippen MR) is 76.2 cm³/mol. The maximum atomic E-state index is 11.6. The Hall–Kier alpha value is -1.88. The van der Waals surface area contributed by atoms with E-state index in [4.69, 9.17) is 5.11 Å². The number of aliphatic hydroxyl groups excluding tert-OH is 1. The predicted octanol–water partition coefficient (Wildman–Crippen LogP) is 1.08. The van der Waals surface area contributed by atoms with E-state index in [2.05, 4.69) is 10.6 Å². The molecular formula is C15H20N2O3. The minimum atomic E-state index is -0.0618. The number of aliphatic hydroxyl groups is 1. The molecule has 5 nitrogen and oxygen atoms in total. The summed E-state index contributed by atoms with van der Waals surface area (Å²) in [5.74, 6) is 0.208. The van der Waals surface area contributed by atoms with Crippen molar-refractivity contribution < 1.29 is 14.7 Å². The lowest BCUT2D eigenvalue weighted by Crippen LogP contribution is -2.26. The molecule has 1 aromatic rings. The van der Waals surface area contributed by atoms with Crippen LogP contribution in [0.1, 0.15) is 24.8 Å². The van der Waals surface area contributed by atoms with Gasteiger partial charge in [-0.1, -0.05) is 12.1 Å². The number of rotatable bonds is 7. The first kappa shape index (κ1) is 14.5. The quantitative estimate of drug-likeness (QED) is 0.652. The van der Waals surface area contributed by atoms with Gasteiger partial charge in [-0.3, -0.25) is 9.59 Å². The maximum absolute atomic E-state index is 11.6. The summed E-state index contributed by atoms with van der Waals surface area (Å²) in [6.45, 7) is 0.570. The van der Waals surface area contributed by atoms with Crippen molar-refractivity contribution in [1.82, 2.24) is 5.32 Å². The minimum absolute atomic E-state index is 0.0618. The zero-order valence-corrected chi connectivity index (χ0v) is 11.4. The van der Waals surface area contributed by atoms with E-state index in [1.54, 1.807) is 0 Å². The summed E-state index contributed by atoms with van der Waals surface area (Å²) in [5, 5.41) is 14.2. The third kappa shape index (κ3) is 4.66. The standard InChI is InChI=1S/C15H20N2O3/c18-9-1-8-16-14(19)10-11-2-6-13(7-3-11)17-15(20)12-4-5-12/h2-3,6-7,12,18H,1,4-5,8-10H2,(H,16,19)(H,17,20). The van der Waals surface area contributed by atoms with Gasteiger partial charge in [-0.15, -0.1) is 0 Å². The molecule has 1 fully saturated rings. The highest BCUT2D eigenvalue weighted by molar-refractivity contribution is 5.94. The number of amides is 2. The molecule has 1 aliphatic rings. The average molecular weight is 276 g/mol. The van der Waals surface area contributed by atoms with Crippen LogP contribution in [0.4, 0.5) is 5.69 Å². The molecule has 2 rings (SSSR count). The van der Waals surface area contributed by atoms with Gasteiger partial charge < -0.3 is 15.7 Å². The molecule has 3 N–H and O–H groups in total. The Labute approximate surface area is 118 Å². The molecule has 0 unspecified atom stereocenters. The number of anilines is 1. The molecule has 0 bridgehead atoms. The normalized spacial score (nSPS) is 13.8. The first-order valence-corrected chi connectivity index (χ1v) is 6.96. The second-order valence-electron chi connectivity index (χ2n) is 5.06. The monoisotopic (exact) mass is 276 g/mol. The molecule has 1 aromatic carbocycles. The minimum Gasteiger partial charge on any atom is -0.396 e. The average Bonchev–Trinajstić information content (AvgIpc) is 3.26. The summed E-state index contributed by atoms with van der Waals surface area (Å²) in [5.41, 5.74) is 1.67. The first-order chi connectivity index (χ1) is 9.69. The highest BCUT2D eigenvalue weighted by Crippen LogP contribution is 2.30. The summed E-state index contributed by atoms with van der Waals surface area (Å²) in [7, 11) is 0. The van der Waals surface area contributed by atoms with Crippen LogP contribution in [0.3, 0.4) is 0 Å². The van der Waals surface area contributed by atoms with E-state index in [9.17, 15) is 9.59 Å². The van der Waals surface area contributed by atoms with Crippen molar-refractivity contribution in [2.75, 3.05) is 18.5 Å². The Bertz CT molecular complexity index is 467. The molecule has 5 heteroatoms. The Morgan fingerprint density at radius 1 is 1.20 bits per heavy atom. The van der Waals surface area contributed by atoms with Gasteiger partial charge in [0.1, 0.15) is 0 Å². The van der Waals surface area contributed by atoms with Crippen LogP contribution in [0, 0.1) is 5.92 Å². The summed E-state index contributed by atoms with van der Waals surface area (Å²) < 4.78 is 0. The SMILES string of the molecule is O=C(Cc1ccc(NC(=O)C2CC2)cc1)NCCCO. The number of hydrogen-bond acceptors (Lipinski definition) is 3. The van der Waals surface area contributed by atoms with E-state index in [0.29, 0.717) is 19.4 Å². The molecule has 0 atom stereocenters. The first-order valence-electron chi connectivity index (χ1n) is 6.96. The van der Waals surface area contributed by atoms with Gasteiger partial charge in [0.15, 0.2) is 0 Å². The van der Waals surface area contributed by atoms with Crippen LogP contribution in [0.15, 0.2) is 24.3 Å². The van der Waals surface area contributed by atoms with Gasteiger partial charge in [0, 0.05) is 24.8 Å². The molecule has 0 aliphatic heterocycles. The van der Waals surface area contributed by atoms with Crippen molar-refractivity contribution in [3.05, 3.63) is 29.8 Å². The van der Waals surface area contributed by atoms with Gasteiger partial charge in [0.2, 0.25) is 11.8 Å². The van der Waals surface area contributed by atoms with Crippen LogP contribution in [0.2, 0.25) is 0 Å². The highest BCUT2D eigenvalue weighted by Gasteiger charge is 2.29. The van der Waals surface area contributed by atoms with Gasteiger partial charge in [0.05, 0.1) is 6.42 Å². The summed E-state index contributed by atoms with van der Waals surface area (Å²) >= 11 is 0. The molecule has 0 radical (unpaired) electrons. The lowest BCUT2D eigenvalue weighted by Gasteiger charge is -2.07. The third-order valence-corrected chi connectivity index (χ3v) is 3.19. The van der Waals surface area contributed by atoms with E-state index >= 15 is 0 Å². The van der Waals surface area contributed by atoms with Crippen LogP contribution in [0.25, 0.3) is 0 Å². The van der Waals surface area contributed by atoms with E-state index in [-0.39, 0.29) is 24.3 Å². The molecule has 108 valence electrons. The van der Waals surface area contributed by atoms with Gasteiger partial charge in [-0.05, 0) is 37.0 Å². The smallest absolute Gasteiger partial charge is 0.227 e. The van der Waals surface area contributed by atoms with E-state index < -0.39 is 0 Å². The molecule has 0 saturated heterocycles. The molecule has 1 aliphatic carbocycles. The summed E-state index contributed by atoms with van der Waals surface area (Å²) in [6.07, 6.45) is 2.84. The van der Waals surface area contributed by atoms with E-state index in [0.717, 1.165) is 24.1 Å². The van der Waals surface area contributed by atoms with Crippen LogP contribution >= 0.6 is 0 Å². The van der Waals surface area contributed by atoms with Crippen LogP contribution in [-0.4, -0.2) is 30.1 Å². The van der Waals surface area contributed by atoms with Crippen molar-refractivity contribution in [3.63, 3.8) is 0 Å². The van der Waals surface area contributed by atoms with Gasteiger partial charge in [-0.2, -0.15) is 0 Å². The lowest BCUT2D eigenvalue weighted by molar-refractivity contribution is -0.120. The lowest BCUT2D eigenvalue weighted by atomic mass is 10.1. The fraction of sp³-hybridized carbons (Fsp3) is 0.467. The van der Waals surface area contributed by atoms with Crippen molar-refractivity contribution >= 4 is 17.5 Å². The Kier molecular flexibility index (Phi) is 5.12. The van der Waals surface area contributed by atoms with E-state index in [1.807, 2.05) is 24.3 Å². The van der Waals surface area contributed by atoms with Crippen molar-refractivity contribution in [3.8, 4) is 0 Å². The van der Waals surface area contributed by atoms with Gasteiger partial charge in [0.25, 0.3) is 0 Å². The summed E-state index contributed by atoms with van der Waals surface area (Å²) in [4.78, 5) is 23.2. The van der Waals surface area contributed by atoms with Crippen molar-refractivity contribution in [2.24, 2.45) is 5.92 Å². The number of carbonyl (C=O) groups excluding carboxylic acids is 2. The number of benzene rings is 1. The van der Waals surface area contributed by atoms with Gasteiger partial charge in [-0.25, -0.2) is 0 Å². The highest BCUT2D eigenvalue weighted by atomic mass is 16.3. The Morgan fingerprint density at radius 3 is 2.50 bits per heavy atom. The van der Waals surface area contributed by atoms with Crippen LogP contribution < -0.4 is 10.6 Å². The van der Waals surface area contributed by atoms with Gasteiger partial charge >= 0.3 is 0 Å². The van der Waals surface area contributed by atoms with Crippen LogP contribution in [0.5, 0.6) is 0 Å². The zero-order chi connectivity index (χ0) is 14.4. The van der Waals surface area contributed by atoms with Crippen molar-refractivity contribution in [1.29, 1.82) is 0 Å². The fourth-order valence-electron chi connectivity index (χ4n) is 1.85. The number of nitrogens with one attached hydrogen (secondary N) is 2. The fourth-order valence-corrected chi connectivity index (χ4v) is 1.85. The molecule has 1 saturated carbocycles.